The van der Waals surface area contributed by atoms with Crippen LogP contribution in [0.25, 0.3) is 0 Å². The Balaban J connectivity index is 0. The molecule has 92 valence electrons. The van der Waals surface area contributed by atoms with Gasteiger partial charge >= 0.3 is 0 Å². The van der Waals surface area contributed by atoms with Crippen LogP contribution in [0, 0.1) is 5.92 Å². The first kappa shape index (κ1) is 16.9. The molecule has 0 spiro atoms. The Morgan fingerprint density at radius 3 is 1.53 bits per heavy atom. The van der Waals surface area contributed by atoms with E-state index in [2.05, 4.69) is 27.7 Å². The minimum Gasteiger partial charge on any atom is -0.343 e. The van der Waals surface area contributed by atoms with Crippen LogP contribution in [0.2, 0.25) is 0 Å². The van der Waals surface area contributed by atoms with Crippen molar-refractivity contribution in [2.75, 3.05) is 7.05 Å². The lowest BCUT2D eigenvalue weighted by Crippen LogP contribution is -2.32. The van der Waals surface area contributed by atoms with Crippen molar-refractivity contribution in [3.63, 3.8) is 0 Å². The minimum absolute atomic E-state index is 0.143. The second-order valence-corrected chi connectivity index (χ2v) is 4.31. The van der Waals surface area contributed by atoms with Gasteiger partial charge in [0.1, 0.15) is 0 Å². The van der Waals surface area contributed by atoms with Crippen LogP contribution in [0.1, 0.15) is 60.8 Å². The number of carbonyl (C=O) groups is 1. The van der Waals surface area contributed by atoms with Crippen molar-refractivity contribution in [2.45, 2.75) is 66.8 Å². The quantitative estimate of drug-likeness (QED) is 0.700. The van der Waals surface area contributed by atoms with E-state index in [0.29, 0.717) is 6.04 Å². The van der Waals surface area contributed by atoms with Gasteiger partial charge in [-0.15, -0.1) is 0 Å². The van der Waals surface area contributed by atoms with E-state index in [-0.39, 0.29) is 5.91 Å². The Morgan fingerprint density at radius 2 is 1.47 bits per heavy atom. The maximum absolute atomic E-state index is 10.7. The van der Waals surface area contributed by atoms with Crippen LogP contribution in [0.15, 0.2) is 0 Å². The van der Waals surface area contributed by atoms with Crippen molar-refractivity contribution in [2.24, 2.45) is 5.92 Å². The highest BCUT2D eigenvalue weighted by Gasteiger charge is 2.07. The van der Waals surface area contributed by atoms with Gasteiger partial charge in [-0.3, -0.25) is 4.79 Å². The zero-order chi connectivity index (χ0) is 12.4. The molecule has 1 unspecified atom stereocenters. The molecule has 0 N–H and O–H groups in total. The van der Waals surface area contributed by atoms with E-state index in [4.69, 9.17) is 0 Å². The lowest BCUT2D eigenvalue weighted by molar-refractivity contribution is -0.129. The summed E-state index contributed by atoms with van der Waals surface area (Å²) >= 11 is 0. The molecule has 0 aliphatic heterocycles. The first-order valence-corrected chi connectivity index (χ1v) is 6.13. The lowest BCUT2D eigenvalue weighted by Gasteiger charge is -2.21. The number of hydrogen-bond donors (Lipinski definition) is 0. The maximum atomic E-state index is 10.7. The zero-order valence-electron chi connectivity index (χ0n) is 11.6. The molecule has 0 rings (SSSR count). The fraction of sp³-hybridized carbons (Fsp3) is 0.923. The van der Waals surface area contributed by atoms with Crippen LogP contribution >= 0.6 is 0 Å². The molecule has 1 atom stereocenters. The number of carbonyl (C=O) groups excluding carboxylic acids is 1. The predicted octanol–water partition coefficient (Wildman–Crippen LogP) is 3.71. The van der Waals surface area contributed by atoms with Gasteiger partial charge in [0.2, 0.25) is 5.91 Å². The number of rotatable bonds is 4. The number of amides is 1. The van der Waals surface area contributed by atoms with Gasteiger partial charge in [-0.2, -0.15) is 0 Å². The summed E-state index contributed by atoms with van der Waals surface area (Å²) in [6.07, 6.45) is 3.68. The van der Waals surface area contributed by atoms with Crippen LogP contribution in [0.5, 0.6) is 0 Å². The summed E-state index contributed by atoms with van der Waals surface area (Å²) in [5, 5.41) is 0. The predicted molar refractivity (Wildman–Crippen MR) is 67.9 cm³/mol. The molecule has 2 nitrogen and oxygen atoms in total. The van der Waals surface area contributed by atoms with Gasteiger partial charge in [0.05, 0.1) is 0 Å². The third-order valence-corrected chi connectivity index (χ3v) is 3.14. The molecule has 0 radical (unpaired) electrons. The Bertz CT molecular complexity index is 153. The van der Waals surface area contributed by atoms with E-state index in [9.17, 15) is 4.79 Å². The summed E-state index contributed by atoms with van der Waals surface area (Å²) in [5.41, 5.74) is 0. The molecule has 0 aromatic carbocycles. The third kappa shape index (κ3) is 9.77. The van der Waals surface area contributed by atoms with E-state index < -0.39 is 0 Å². The van der Waals surface area contributed by atoms with E-state index in [0.717, 1.165) is 12.3 Å². The van der Waals surface area contributed by atoms with Crippen molar-refractivity contribution in [1.82, 2.24) is 4.90 Å². The SMILES string of the molecule is CCC(C)CC.CCC(C)N(C)C(C)=O. The first-order chi connectivity index (χ1) is 6.90. The Labute approximate surface area is 96.0 Å². The highest BCUT2D eigenvalue weighted by molar-refractivity contribution is 5.73. The Morgan fingerprint density at radius 1 is 1.07 bits per heavy atom. The van der Waals surface area contributed by atoms with Crippen molar-refractivity contribution < 1.29 is 4.79 Å². The standard InChI is InChI=1S/C7H15NO.C6H14/c1-5-6(2)8(4)7(3)9;1-4-6(3)5-2/h6H,5H2,1-4H3;6H,4-5H2,1-3H3. The van der Waals surface area contributed by atoms with Gasteiger partial charge in [-0.1, -0.05) is 40.5 Å². The lowest BCUT2D eigenvalue weighted by atomic mass is 10.1. The summed E-state index contributed by atoms with van der Waals surface area (Å²) in [6, 6.07) is 0.377. The first-order valence-electron chi connectivity index (χ1n) is 6.13. The molecule has 0 fully saturated rings. The molecule has 0 aliphatic rings. The van der Waals surface area contributed by atoms with Crippen LogP contribution in [0.4, 0.5) is 0 Å². The average molecular weight is 215 g/mol. The molecular formula is C13H29NO. The van der Waals surface area contributed by atoms with Crippen LogP contribution in [-0.2, 0) is 4.79 Å². The number of nitrogens with zero attached hydrogens (tertiary/aromatic N) is 1. The summed E-state index contributed by atoms with van der Waals surface area (Å²) in [6.45, 7) is 12.4. The van der Waals surface area contributed by atoms with Crippen LogP contribution < -0.4 is 0 Å². The van der Waals surface area contributed by atoms with Crippen molar-refractivity contribution in [3.05, 3.63) is 0 Å². The molecule has 0 aromatic rings. The van der Waals surface area contributed by atoms with E-state index in [1.54, 1.807) is 11.8 Å². The van der Waals surface area contributed by atoms with Crippen LogP contribution in [0.3, 0.4) is 0 Å². The molecule has 1 amide bonds. The van der Waals surface area contributed by atoms with Crippen molar-refractivity contribution >= 4 is 5.91 Å². The van der Waals surface area contributed by atoms with E-state index >= 15 is 0 Å². The third-order valence-electron chi connectivity index (χ3n) is 3.14. The zero-order valence-corrected chi connectivity index (χ0v) is 11.6. The highest BCUT2D eigenvalue weighted by atomic mass is 16.2. The number of hydrogen-bond acceptors (Lipinski definition) is 1. The highest BCUT2D eigenvalue weighted by Crippen LogP contribution is 2.02. The molecule has 0 aliphatic carbocycles. The van der Waals surface area contributed by atoms with Gasteiger partial charge in [0.15, 0.2) is 0 Å². The van der Waals surface area contributed by atoms with Crippen LogP contribution in [-0.4, -0.2) is 23.9 Å². The second-order valence-electron chi connectivity index (χ2n) is 4.31. The monoisotopic (exact) mass is 215 g/mol. The molecule has 0 saturated heterocycles. The second kappa shape index (κ2) is 10.0. The molecule has 0 aromatic heterocycles. The molecule has 0 bridgehead atoms. The fourth-order valence-electron chi connectivity index (χ4n) is 0.873. The molecule has 2 heteroatoms. The fourth-order valence-corrected chi connectivity index (χ4v) is 0.873. The van der Waals surface area contributed by atoms with Gasteiger partial charge in [0.25, 0.3) is 0 Å². The molecule has 0 saturated carbocycles. The average Bonchev–Trinajstić information content (AvgIpc) is 2.26. The van der Waals surface area contributed by atoms with Gasteiger partial charge in [-0.05, 0) is 19.3 Å². The Hall–Kier alpha value is -0.530. The van der Waals surface area contributed by atoms with Gasteiger partial charge in [-0.25, -0.2) is 0 Å². The maximum Gasteiger partial charge on any atom is 0.219 e. The summed E-state index contributed by atoms with van der Waals surface area (Å²) in [7, 11) is 1.83. The minimum atomic E-state index is 0.143. The Kier molecular flexibility index (Phi) is 11.3. The van der Waals surface area contributed by atoms with Gasteiger partial charge < -0.3 is 4.90 Å². The normalized spacial score (nSPS) is 11.7. The molecule has 15 heavy (non-hydrogen) atoms. The van der Waals surface area contributed by atoms with Crippen molar-refractivity contribution in [1.29, 1.82) is 0 Å². The smallest absolute Gasteiger partial charge is 0.219 e. The van der Waals surface area contributed by atoms with Crippen molar-refractivity contribution in [3.8, 4) is 0 Å². The summed E-state index contributed by atoms with van der Waals surface area (Å²) in [5.74, 6) is 1.08. The largest absolute Gasteiger partial charge is 0.343 e. The summed E-state index contributed by atoms with van der Waals surface area (Å²) < 4.78 is 0. The summed E-state index contributed by atoms with van der Waals surface area (Å²) in [4.78, 5) is 12.4. The molecule has 0 heterocycles. The molecular weight excluding hydrogens is 186 g/mol. The van der Waals surface area contributed by atoms with E-state index in [1.165, 1.54) is 12.8 Å². The topological polar surface area (TPSA) is 20.3 Å². The van der Waals surface area contributed by atoms with E-state index in [1.807, 2.05) is 14.0 Å². The van der Waals surface area contributed by atoms with Gasteiger partial charge in [0, 0.05) is 20.0 Å².